The van der Waals surface area contributed by atoms with Gasteiger partial charge in [0.05, 0.1) is 12.8 Å². The Morgan fingerprint density at radius 3 is 2.37 bits per heavy atom. The molecule has 2 rings (SSSR count). The van der Waals surface area contributed by atoms with E-state index in [1.54, 1.807) is 32.9 Å². The largest absolute Gasteiger partial charge is 0.494 e. The minimum absolute atomic E-state index is 0.0124. The highest BCUT2D eigenvalue weighted by Crippen LogP contribution is 2.30. The van der Waals surface area contributed by atoms with Crippen molar-refractivity contribution >= 4 is 44.5 Å². The van der Waals surface area contributed by atoms with E-state index in [1.807, 2.05) is 0 Å². The summed E-state index contributed by atoms with van der Waals surface area (Å²) in [4.78, 5) is 24.3. The van der Waals surface area contributed by atoms with Crippen molar-refractivity contribution in [2.75, 3.05) is 17.7 Å². The molecule has 27 heavy (non-hydrogen) atoms. The van der Waals surface area contributed by atoms with Crippen molar-refractivity contribution < 1.29 is 22.7 Å². The van der Waals surface area contributed by atoms with Gasteiger partial charge in [0.1, 0.15) is 15.5 Å². The number of amides is 2. The first-order valence-corrected chi connectivity index (χ1v) is 10.3. The van der Waals surface area contributed by atoms with E-state index in [-0.39, 0.29) is 15.7 Å². The topological polar surface area (TPSA) is 128 Å². The van der Waals surface area contributed by atoms with Gasteiger partial charge in [0.15, 0.2) is 0 Å². The maximum atomic E-state index is 12.4. The van der Waals surface area contributed by atoms with Gasteiger partial charge in [0.25, 0.3) is 5.91 Å². The molecule has 0 fully saturated rings. The molecule has 1 aromatic carbocycles. The molecule has 0 saturated carbocycles. The number of hydrogen-bond donors (Lipinski definition) is 3. The van der Waals surface area contributed by atoms with Crippen LogP contribution in [-0.2, 0) is 14.8 Å². The molecule has 4 N–H and O–H groups in total. The lowest BCUT2D eigenvalue weighted by molar-refractivity contribution is -0.123. The van der Waals surface area contributed by atoms with E-state index in [9.17, 15) is 18.0 Å². The lowest BCUT2D eigenvalue weighted by atomic mass is 9.95. The lowest BCUT2D eigenvalue weighted by Gasteiger charge is -2.19. The second kappa shape index (κ2) is 7.67. The molecule has 0 aliphatic rings. The molecule has 0 radical (unpaired) electrons. The van der Waals surface area contributed by atoms with Crippen LogP contribution in [0.15, 0.2) is 34.5 Å². The SMILES string of the molecule is COc1cc(NC(=O)c2sccc2S(N)(=O)=O)ccc1NC(=O)C(C)(C)C. The first-order chi connectivity index (χ1) is 12.4. The number of carbonyl (C=O) groups excluding carboxylic acids is 2. The van der Waals surface area contributed by atoms with Gasteiger partial charge in [-0.05, 0) is 23.6 Å². The molecule has 0 atom stereocenters. The number of nitrogens with two attached hydrogens (primary N) is 1. The van der Waals surface area contributed by atoms with Gasteiger partial charge >= 0.3 is 0 Å². The quantitative estimate of drug-likeness (QED) is 0.697. The van der Waals surface area contributed by atoms with E-state index in [1.165, 1.54) is 24.6 Å². The monoisotopic (exact) mass is 411 g/mol. The van der Waals surface area contributed by atoms with Crippen molar-refractivity contribution in [3.05, 3.63) is 34.5 Å². The molecule has 0 aliphatic carbocycles. The van der Waals surface area contributed by atoms with Crippen molar-refractivity contribution in [2.24, 2.45) is 10.6 Å². The molecule has 0 bridgehead atoms. The maximum Gasteiger partial charge on any atom is 0.267 e. The second-order valence-corrected chi connectivity index (χ2v) is 9.18. The Labute approximate surface area is 161 Å². The molecule has 2 aromatic rings. The van der Waals surface area contributed by atoms with E-state index in [4.69, 9.17) is 9.88 Å². The lowest BCUT2D eigenvalue weighted by Crippen LogP contribution is -2.27. The highest BCUT2D eigenvalue weighted by molar-refractivity contribution is 7.89. The highest BCUT2D eigenvalue weighted by atomic mass is 32.2. The zero-order chi connectivity index (χ0) is 20.4. The second-order valence-electron chi connectivity index (χ2n) is 6.73. The zero-order valence-electron chi connectivity index (χ0n) is 15.3. The number of ether oxygens (including phenoxy) is 1. The predicted molar refractivity (Wildman–Crippen MR) is 105 cm³/mol. The first kappa shape index (κ1) is 20.9. The van der Waals surface area contributed by atoms with Gasteiger partial charge in [-0.3, -0.25) is 9.59 Å². The first-order valence-electron chi connectivity index (χ1n) is 7.84. The number of sulfonamides is 1. The third-order valence-corrected chi connectivity index (χ3v) is 5.53. The number of carbonyl (C=O) groups is 2. The fraction of sp³-hybridized carbons (Fsp3) is 0.294. The summed E-state index contributed by atoms with van der Waals surface area (Å²) in [6, 6.07) is 5.97. The standard InChI is InChI=1S/C17H21N3O5S2/c1-17(2,3)16(22)20-11-6-5-10(9-12(11)25-4)19-15(21)14-13(7-8-26-14)27(18,23)24/h5-9H,1-4H3,(H,19,21)(H,20,22)(H2,18,23,24). The third-order valence-electron chi connectivity index (χ3n) is 3.53. The minimum atomic E-state index is -4.00. The summed E-state index contributed by atoms with van der Waals surface area (Å²) in [6.45, 7) is 5.36. The number of rotatable bonds is 5. The Morgan fingerprint density at radius 2 is 1.81 bits per heavy atom. The van der Waals surface area contributed by atoms with Crippen molar-refractivity contribution in [1.82, 2.24) is 0 Å². The summed E-state index contributed by atoms with van der Waals surface area (Å²) in [6.07, 6.45) is 0. The molecule has 8 nitrogen and oxygen atoms in total. The molecular formula is C17H21N3O5S2. The van der Waals surface area contributed by atoms with Gasteiger partial charge in [0.2, 0.25) is 15.9 Å². The van der Waals surface area contributed by atoms with Crippen molar-refractivity contribution in [2.45, 2.75) is 25.7 Å². The van der Waals surface area contributed by atoms with Crippen LogP contribution in [0, 0.1) is 5.41 Å². The Kier molecular flexibility index (Phi) is 5.93. The van der Waals surface area contributed by atoms with Crippen molar-refractivity contribution in [3.63, 3.8) is 0 Å². The molecule has 0 aliphatic heterocycles. The van der Waals surface area contributed by atoms with Gasteiger partial charge in [-0.15, -0.1) is 11.3 Å². The summed E-state index contributed by atoms with van der Waals surface area (Å²) in [5.41, 5.74) is 0.248. The Bertz CT molecular complexity index is 975. The molecule has 1 aromatic heterocycles. The van der Waals surface area contributed by atoms with Gasteiger partial charge in [-0.25, -0.2) is 13.6 Å². The number of methoxy groups -OCH3 is 1. The summed E-state index contributed by atoms with van der Waals surface area (Å²) >= 11 is 0.969. The van der Waals surface area contributed by atoms with Crippen LogP contribution in [0.5, 0.6) is 5.75 Å². The van der Waals surface area contributed by atoms with Crippen LogP contribution in [0.3, 0.4) is 0 Å². The van der Waals surface area contributed by atoms with Crippen LogP contribution in [0.2, 0.25) is 0 Å². The minimum Gasteiger partial charge on any atom is -0.494 e. The molecule has 0 saturated heterocycles. The van der Waals surface area contributed by atoms with E-state index >= 15 is 0 Å². The van der Waals surface area contributed by atoms with Crippen molar-refractivity contribution in [3.8, 4) is 5.75 Å². The molecule has 2 amide bonds. The van der Waals surface area contributed by atoms with Crippen LogP contribution >= 0.6 is 11.3 Å². The zero-order valence-corrected chi connectivity index (χ0v) is 17.0. The summed E-state index contributed by atoms with van der Waals surface area (Å²) < 4.78 is 28.4. The average Bonchev–Trinajstić information content (AvgIpc) is 3.05. The van der Waals surface area contributed by atoms with Crippen molar-refractivity contribution in [1.29, 1.82) is 0 Å². The van der Waals surface area contributed by atoms with E-state index in [0.29, 0.717) is 17.1 Å². The number of anilines is 2. The van der Waals surface area contributed by atoms with Gasteiger partial charge in [-0.2, -0.15) is 0 Å². The molecule has 0 unspecified atom stereocenters. The van der Waals surface area contributed by atoms with Crippen LogP contribution in [-0.4, -0.2) is 27.3 Å². The molecular weight excluding hydrogens is 390 g/mol. The van der Waals surface area contributed by atoms with Crippen LogP contribution < -0.4 is 20.5 Å². The van der Waals surface area contributed by atoms with Gasteiger partial charge in [0, 0.05) is 17.2 Å². The van der Waals surface area contributed by atoms with Gasteiger partial charge in [-0.1, -0.05) is 20.8 Å². The molecule has 0 spiro atoms. The molecule has 146 valence electrons. The molecule has 1 heterocycles. The average molecular weight is 412 g/mol. The summed E-state index contributed by atoms with van der Waals surface area (Å²) in [7, 11) is -2.56. The van der Waals surface area contributed by atoms with E-state index < -0.39 is 21.3 Å². The predicted octanol–water partition coefficient (Wildman–Crippen LogP) is 2.64. The smallest absolute Gasteiger partial charge is 0.267 e. The van der Waals surface area contributed by atoms with Crippen LogP contribution in [0.4, 0.5) is 11.4 Å². The Hall–Kier alpha value is -2.43. The fourth-order valence-electron chi connectivity index (χ4n) is 2.06. The third kappa shape index (κ3) is 5.06. The van der Waals surface area contributed by atoms with E-state index in [2.05, 4.69) is 10.6 Å². The van der Waals surface area contributed by atoms with E-state index in [0.717, 1.165) is 11.3 Å². The fourth-order valence-corrected chi connectivity index (χ4v) is 3.93. The van der Waals surface area contributed by atoms with Crippen LogP contribution in [0.1, 0.15) is 30.4 Å². The Balaban J connectivity index is 2.25. The molecule has 10 heteroatoms. The normalized spacial score (nSPS) is 11.7. The number of benzene rings is 1. The summed E-state index contributed by atoms with van der Waals surface area (Å²) in [5, 5.41) is 12.0. The number of nitrogens with one attached hydrogen (secondary N) is 2. The van der Waals surface area contributed by atoms with Crippen LogP contribution in [0.25, 0.3) is 0 Å². The summed E-state index contributed by atoms with van der Waals surface area (Å²) in [5.74, 6) is -0.445. The Morgan fingerprint density at radius 1 is 1.15 bits per heavy atom. The number of primary sulfonamides is 1. The number of hydrogen-bond acceptors (Lipinski definition) is 6. The van der Waals surface area contributed by atoms with Gasteiger partial charge < -0.3 is 15.4 Å². The highest BCUT2D eigenvalue weighted by Gasteiger charge is 2.23. The maximum absolute atomic E-state index is 12.4. The number of thiophene rings is 1.